The van der Waals surface area contributed by atoms with Crippen LogP contribution in [0, 0.1) is 49.0 Å². The van der Waals surface area contributed by atoms with E-state index in [0.29, 0.717) is 56.3 Å². The molecule has 2 heterocycles. The Hall–Kier alpha value is -12.3. The summed E-state index contributed by atoms with van der Waals surface area (Å²) in [5.74, 6) is 0. The van der Waals surface area contributed by atoms with Crippen molar-refractivity contribution in [3.8, 4) is 90.3 Å². The third kappa shape index (κ3) is 8.52. The van der Waals surface area contributed by atoms with Gasteiger partial charge >= 0.3 is 6.18 Å². The first-order valence-electron chi connectivity index (χ1n) is 26.4. The molecule has 0 amide bonds. The van der Waals surface area contributed by atoms with Crippen molar-refractivity contribution in [1.82, 2.24) is 9.13 Å². The lowest BCUT2D eigenvalue weighted by Crippen LogP contribution is -2.04. The molecule has 0 bridgehead atoms. The molecule has 0 radical (unpaired) electrons. The number of rotatable bonds is 8. The lowest BCUT2D eigenvalue weighted by Gasteiger charge is -2.21. The summed E-state index contributed by atoms with van der Waals surface area (Å²) in [6.45, 7) is 32.7. The van der Waals surface area contributed by atoms with Crippen LogP contribution in [0.4, 0.5) is 35.9 Å². The average Bonchev–Trinajstić information content (AvgIpc) is 2.56. The number of aromatic nitrogens is 2. The fourth-order valence-corrected chi connectivity index (χ4v) is 11.7. The maximum atomic E-state index is 14.3. The maximum absolute atomic E-state index is 14.3. The van der Waals surface area contributed by atoms with Gasteiger partial charge in [0.2, 0.25) is 0 Å². The monoisotopic (exact) mass is 1080 g/mol. The highest BCUT2D eigenvalue weighted by Gasteiger charge is 2.31. The predicted octanol–water partition coefficient (Wildman–Crippen LogP) is 20.8. The molecule has 11 heteroatoms. The van der Waals surface area contributed by atoms with Crippen LogP contribution in [0.2, 0.25) is 0 Å². The molecule has 84 heavy (non-hydrogen) atoms. The van der Waals surface area contributed by atoms with Crippen molar-refractivity contribution in [2.45, 2.75) is 6.18 Å². The summed E-state index contributed by atoms with van der Waals surface area (Å²) in [6.07, 6.45) is -4.69. The number of alkyl halides is 3. The summed E-state index contributed by atoms with van der Waals surface area (Å²) >= 11 is 0. The van der Waals surface area contributed by atoms with Gasteiger partial charge in [0.25, 0.3) is 0 Å². The fourth-order valence-electron chi connectivity index (χ4n) is 11.7. The van der Waals surface area contributed by atoms with E-state index < -0.39 is 11.7 Å². The van der Waals surface area contributed by atoms with Crippen LogP contribution in [0.1, 0.15) is 16.7 Å². The van der Waals surface area contributed by atoms with E-state index in [2.05, 4.69) is 52.8 Å². The van der Waals surface area contributed by atoms with Crippen molar-refractivity contribution in [3.63, 3.8) is 0 Å². The van der Waals surface area contributed by atoms with Gasteiger partial charge in [0.1, 0.15) is 0 Å². The molecule has 0 unspecified atom stereocenters. The minimum absolute atomic E-state index is 0.189. The molecule has 0 saturated carbocycles. The van der Waals surface area contributed by atoms with E-state index in [1.165, 1.54) is 6.07 Å². The molecule has 11 aromatic carbocycles. The third-order valence-electron chi connectivity index (χ3n) is 15.6. The third-order valence-corrected chi connectivity index (χ3v) is 15.6. The predicted molar refractivity (Wildman–Crippen MR) is 327 cm³/mol. The van der Waals surface area contributed by atoms with E-state index in [9.17, 15) is 23.7 Å². The van der Waals surface area contributed by atoms with Gasteiger partial charge in [0.05, 0.1) is 83.0 Å². The van der Waals surface area contributed by atoms with Crippen LogP contribution >= 0.6 is 0 Å². The number of para-hydroxylation sites is 2. The average molecular weight is 1080 g/mol. The normalized spacial score (nSPS) is 11.2. The topological polar surface area (TPSA) is 74.9 Å². The smallest absolute Gasteiger partial charge is 0.309 e. The minimum atomic E-state index is -4.69. The molecule has 0 saturated heterocycles. The Morgan fingerprint density at radius 1 is 0.333 bits per heavy atom. The molecular formula is C73H37F3N8. The van der Waals surface area contributed by atoms with Gasteiger partial charge < -0.3 is 9.13 Å². The van der Waals surface area contributed by atoms with Gasteiger partial charge in [-0.15, -0.1) is 0 Å². The van der Waals surface area contributed by atoms with E-state index in [1.807, 2.05) is 158 Å². The number of hydrogen-bond acceptors (Lipinski definition) is 2. The number of fused-ring (bicyclic) bond motifs is 6. The number of nitrogens with zero attached hydrogens (tertiary/aromatic N) is 8. The molecule has 13 aromatic rings. The Bertz CT molecular complexity index is 5000. The van der Waals surface area contributed by atoms with Crippen LogP contribution in [-0.4, -0.2) is 9.13 Å². The van der Waals surface area contributed by atoms with E-state index in [1.54, 1.807) is 36.4 Å². The molecule has 0 spiro atoms. The van der Waals surface area contributed by atoms with E-state index in [4.69, 9.17) is 26.3 Å². The Labute approximate surface area is 480 Å². The summed E-state index contributed by atoms with van der Waals surface area (Å²) in [4.78, 5) is 15.3. The van der Waals surface area contributed by atoms with Gasteiger partial charge in [0, 0.05) is 32.7 Å². The zero-order chi connectivity index (χ0) is 57.8. The Morgan fingerprint density at radius 2 is 0.726 bits per heavy atom. The SMILES string of the molecule is [C-]#[N+]c1ccc(-n2c3ccc(-c4ccccc4C#N)cc3c3cc(-c4ccccc4[N+]#[C-])ccc32)c(-c2ccc(-c3ccc(C(F)(F)F)cc3[N+]#[C-])cc2-n2c3ccc(-c4ccccc4C#N)cc3c3cc(-c4ccccc4[N+]#[C-])ccc32)c1. The summed E-state index contributed by atoms with van der Waals surface area (Å²) in [7, 11) is 0. The van der Waals surface area contributed by atoms with Crippen molar-refractivity contribution < 1.29 is 13.2 Å². The van der Waals surface area contributed by atoms with Crippen LogP contribution in [0.15, 0.2) is 224 Å². The molecule has 13 rings (SSSR count). The lowest BCUT2D eigenvalue weighted by molar-refractivity contribution is -0.137. The highest BCUT2D eigenvalue weighted by molar-refractivity contribution is 6.15. The number of hydrogen-bond donors (Lipinski definition) is 0. The van der Waals surface area contributed by atoms with E-state index >= 15 is 0 Å². The molecule has 0 N–H and O–H groups in total. The van der Waals surface area contributed by atoms with Crippen LogP contribution in [0.3, 0.4) is 0 Å². The van der Waals surface area contributed by atoms with Crippen LogP contribution in [0.25, 0.3) is 141 Å². The molecule has 8 nitrogen and oxygen atoms in total. The van der Waals surface area contributed by atoms with Crippen LogP contribution in [0.5, 0.6) is 0 Å². The second-order valence-corrected chi connectivity index (χ2v) is 20.1. The molecule has 2 aromatic heterocycles. The van der Waals surface area contributed by atoms with E-state index in [0.717, 1.165) is 100 Å². The highest BCUT2D eigenvalue weighted by Crippen LogP contribution is 2.48. The zero-order valence-corrected chi connectivity index (χ0v) is 44.1. The van der Waals surface area contributed by atoms with E-state index in [-0.39, 0.29) is 11.3 Å². The zero-order valence-electron chi connectivity index (χ0n) is 44.1. The van der Waals surface area contributed by atoms with Crippen molar-refractivity contribution in [3.05, 3.63) is 287 Å². The largest absolute Gasteiger partial charge is 0.415 e. The summed E-state index contributed by atoms with van der Waals surface area (Å²) in [5, 5.41) is 23.8. The molecule has 390 valence electrons. The fraction of sp³-hybridized carbons (Fsp3) is 0.0137. The first-order valence-corrected chi connectivity index (χ1v) is 26.4. The second kappa shape index (κ2) is 20.4. The van der Waals surface area contributed by atoms with Crippen molar-refractivity contribution in [1.29, 1.82) is 10.5 Å². The summed E-state index contributed by atoms with van der Waals surface area (Å²) in [5.41, 5.74) is 13.7. The minimum Gasteiger partial charge on any atom is -0.309 e. The molecule has 0 fully saturated rings. The highest BCUT2D eigenvalue weighted by atomic mass is 19.4. The first-order chi connectivity index (χ1) is 41.0. The molecule has 0 aliphatic carbocycles. The number of halogens is 3. The van der Waals surface area contributed by atoms with Crippen LogP contribution < -0.4 is 0 Å². The van der Waals surface area contributed by atoms with Crippen molar-refractivity contribution in [2.24, 2.45) is 0 Å². The number of nitriles is 2. The van der Waals surface area contributed by atoms with Crippen molar-refractivity contribution >= 4 is 66.4 Å². The maximum Gasteiger partial charge on any atom is 0.415 e. The van der Waals surface area contributed by atoms with Gasteiger partial charge in [-0.3, -0.25) is 0 Å². The van der Waals surface area contributed by atoms with Gasteiger partial charge in [-0.1, -0.05) is 140 Å². The second-order valence-electron chi connectivity index (χ2n) is 20.1. The van der Waals surface area contributed by atoms with Crippen molar-refractivity contribution in [2.75, 3.05) is 0 Å². The molecular weight excluding hydrogens is 1050 g/mol. The Balaban J connectivity index is 1.14. The summed E-state index contributed by atoms with van der Waals surface area (Å²) < 4.78 is 47.1. The van der Waals surface area contributed by atoms with Gasteiger partial charge in [-0.05, 0) is 146 Å². The Morgan fingerprint density at radius 3 is 1.18 bits per heavy atom. The standard InChI is InChI=1S/C73H37F3N8/c1-79-52-27-34-71(83-67-30-22-44(53-15-7-5-13-49(53)42-77)35-59(67)61-37-46(24-32-68(61)83)55-17-9-11-19-64(55)80-2)63(41-52)58-28-21-48(57-29-26-51(73(74,75)76)40-66(57)82-4)39-72(58)84-69-31-23-45(54-16-8-6-14-50(54)43-78)36-60(69)62-38-47(25-33-70(62)84)56-18-10-12-20-65(56)81-3/h5-41H. The lowest BCUT2D eigenvalue weighted by atomic mass is 9.94. The molecule has 0 aliphatic heterocycles. The quantitative estimate of drug-likeness (QED) is 0.142. The van der Waals surface area contributed by atoms with Gasteiger partial charge in [-0.25, -0.2) is 19.4 Å². The summed E-state index contributed by atoms with van der Waals surface area (Å²) in [6, 6.07) is 72.8. The molecule has 0 aliphatic rings. The van der Waals surface area contributed by atoms with Gasteiger partial charge in [-0.2, -0.15) is 23.7 Å². The Kier molecular flexibility index (Phi) is 12.5. The van der Waals surface area contributed by atoms with Crippen LogP contribution in [-0.2, 0) is 6.18 Å². The number of benzene rings is 11. The van der Waals surface area contributed by atoms with Gasteiger partial charge in [0.15, 0.2) is 22.7 Å². The molecule has 0 atom stereocenters. The first kappa shape index (κ1) is 51.2.